The first-order valence-electron chi connectivity index (χ1n) is 7.34. The summed E-state index contributed by atoms with van der Waals surface area (Å²) in [6.45, 7) is 6.94. The second-order valence-electron chi connectivity index (χ2n) is 5.60. The Morgan fingerprint density at radius 2 is 2.10 bits per heavy atom. The quantitative estimate of drug-likeness (QED) is 0.776. The normalized spacial score (nSPS) is 19.1. The number of ether oxygens (including phenoxy) is 1. The predicted octanol–water partition coefficient (Wildman–Crippen LogP) is 2.18. The molecule has 4 nitrogen and oxygen atoms in total. The van der Waals surface area contributed by atoms with Gasteiger partial charge in [0.15, 0.2) is 0 Å². The first kappa shape index (κ1) is 15.0. The highest BCUT2D eigenvalue weighted by Gasteiger charge is 2.30. The lowest BCUT2D eigenvalue weighted by atomic mass is 10.1. The minimum atomic E-state index is 0.00815. The Kier molecular flexibility index (Phi) is 5.56. The summed E-state index contributed by atoms with van der Waals surface area (Å²) in [5.74, 6) is 0.727. The van der Waals surface area contributed by atoms with E-state index in [0.29, 0.717) is 19.1 Å². The largest absolute Gasteiger partial charge is 0.381 e. The maximum Gasteiger partial charge on any atom is 0.238 e. The van der Waals surface area contributed by atoms with E-state index in [0.717, 1.165) is 25.1 Å². The van der Waals surface area contributed by atoms with Gasteiger partial charge in [-0.15, -0.1) is 0 Å². The van der Waals surface area contributed by atoms with Crippen LogP contribution >= 0.6 is 0 Å². The van der Waals surface area contributed by atoms with E-state index < -0.39 is 0 Å². The molecule has 20 heavy (non-hydrogen) atoms. The summed E-state index contributed by atoms with van der Waals surface area (Å²) >= 11 is 0. The minimum absolute atomic E-state index is 0.00815. The van der Waals surface area contributed by atoms with Crippen molar-refractivity contribution in [1.29, 1.82) is 0 Å². The van der Waals surface area contributed by atoms with E-state index in [1.54, 1.807) is 0 Å². The van der Waals surface area contributed by atoms with Crippen molar-refractivity contribution in [1.82, 2.24) is 10.2 Å². The van der Waals surface area contributed by atoms with Gasteiger partial charge < -0.3 is 9.64 Å². The maximum absolute atomic E-state index is 12.0. The molecule has 1 aromatic carbocycles. The van der Waals surface area contributed by atoms with Crippen LogP contribution in [0.5, 0.6) is 0 Å². The van der Waals surface area contributed by atoms with Gasteiger partial charge in [-0.3, -0.25) is 10.1 Å². The number of hydrogen-bond donors (Lipinski definition) is 1. The van der Waals surface area contributed by atoms with Crippen molar-refractivity contribution in [2.45, 2.75) is 26.4 Å². The van der Waals surface area contributed by atoms with E-state index in [2.05, 4.69) is 31.3 Å². The van der Waals surface area contributed by atoms with Crippen LogP contribution in [-0.2, 0) is 9.53 Å². The van der Waals surface area contributed by atoms with Crippen molar-refractivity contribution >= 4 is 5.91 Å². The molecule has 0 bridgehead atoms. The summed E-state index contributed by atoms with van der Waals surface area (Å²) in [4.78, 5) is 13.9. The van der Waals surface area contributed by atoms with E-state index in [1.165, 1.54) is 0 Å². The van der Waals surface area contributed by atoms with Gasteiger partial charge in [-0.1, -0.05) is 44.2 Å². The first-order valence-corrected chi connectivity index (χ1v) is 7.34. The van der Waals surface area contributed by atoms with Gasteiger partial charge in [0.25, 0.3) is 0 Å². The number of benzene rings is 1. The molecule has 0 saturated carbocycles. The highest BCUT2D eigenvalue weighted by atomic mass is 16.5. The smallest absolute Gasteiger partial charge is 0.238 e. The lowest BCUT2D eigenvalue weighted by molar-refractivity contribution is -0.128. The molecule has 1 aromatic rings. The molecule has 2 rings (SSSR count). The van der Waals surface area contributed by atoms with Gasteiger partial charge in [-0.05, 0) is 17.9 Å². The van der Waals surface area contributed by atoms with Gasteiger partial charge in [0.05, 0.1) is 6.54 Å². The Morgan fingerprint density at radius 3 is 2.80 bits per heavy atom. The molecule has 1 amide bonds. The van der Waals surface area contributed by atoms with E-state index in [1.807, 2.05) is 23.1 Å². The second kappa shape index (κ2) is 7.41. The Bertz CT molecular complexity index is 420. The molecule has 1 fully saturated rings. The van der Waals surface area contributed by atoms with Gasteiger partial charge in [-0.25, -0.2) is 0 Å². The van der Waals surface area contributed by atoms with Gasteiger partial charge >= 0.3 is 0 Å². The van der Waals surface area contributed by atoms with Crippen LogP contribution < -0.4 is 5.32 Å². The van der Waals surface area contributed by atoms with Crippen LogP contribution in [0.2, 0.25) is 0 Å². The Hall–Kier alpha value is -1.39. The van der Waals surface area contributed by atoms with Crippen molar-refractivity contribution < 1.29 is 9.53 Å². The van der Waals surface area contributed by atoms with Gasteiger partial charge in [0.1, 0.15) is 6.17 Å². The summed E-state index contributed by atoms with van der Waals surface area (Å²) < 4.78 is 5.57. The Morgan fingerprint density at radius 1 is 1.35 bits per heavy atom. The highest BCUT2D eigenvalue weighted by Crippen LogP contribution is 2.22. The summed E-state index contributed by atoms with van der Waals surface area (Å²) in [5, 5.41) is 3.27. The summed E-state index contributed by atoms with van der Waals surface area (Å²) in [5.41, 5.74) is 1.14. The molecule has 0 radical (unpaired) electrons. The maximum atomic E-state index is 12.0. The number of hydrogen-bond acceptors (Lipinski definition) is 3. The molecule has 1 N–H and O–H groups in total. The van der Waals surface area contributed by atoms with Crippen LogP contribution in [0.25, 0.3) is 0 Å². The van der Waals surface area contributed by atoms with Crippen LogP contribution in [0.4, 0.5) is 0 Å². The molecule has 0 spiro atoms. The van der Waals surface area contributed by atoms with E-state index >= 15 is 0 Å². The lowest BCUT2D eigenvalue weighted by Gasteiger charge is -2.24. The van der Waals surface area contributed by atoms with Gasteiger partial charge in [0, 0.05) is 19.8 Å². The summed E-state index contributed by atoms with van der Waals surface area (Å²) in [6, 6.07) is 10.1. The molecule has 1 saturated heterocycles. The molecular weight excluding hydrogens is 252 g/mol. The van der Waals surface area contributed by atoms with Crippen molar-refractivity contribution in [3.8, 4) is 0 Å². The van der Waals surface area contributed by atoms with Gasteiger partial charge in [-0.2, -0.15) is 0 Å². The zero-order valence-corrected chi connectivity index (χ0v) is 12.3. The first-order chi connectivity index (χ1) is 9.68. The average molecular weight is 276 g/mol. The standard InChI is InChI=1S/C16H24N2O2/c1-13(2)12-20-10-6-9-18-15(19)11-17-16(18)14-7-4-3-5-8-14/h3-5,7-8,13,16-17H,6,9-12H2,1-2H3. The fraction of sp³-hybridized carbons (Fsp3) is 0.562. The summed E-state index contributed by atoms with van der Waals surface area (Å²) in [7, 11) is 0. The molecular formula is C16H24N2O2. The third-order valence-corrected chi connectivity index (χ3v) is 3.33. The molecule has 1 heterocycles. The van der Waals surface area contributed by atoms with Crippen LogP contribution in [0, 0.1) is 5.92 Å². The van der Waals surface area contributed by atoms with Crippen LogP contribution in [0.3, 0.4) is 0 Å². The lowest BCUT2D eigenvalue weighted by Crippen LogP contribution is -2.31. The third-order valence-electron chi connectivity index (χ3n) is 3.33. The minimum Gasteiger partial charge on any atom is -0.381 e. The fourth-order valence-electron chi connectivity index (χ4n) is 2.38. The average Bonchev–Trinajstić information content (AvgIpc) is 2.80. The summed E-state index contributed by atoms with van der Waals surface area (Å²) in [6.07, 6.45) is 0.887. The Labute approximate surface area is 121 Å². The number of amides is 1. The van der Waals surface area contributed by atoms with Crippen LogP contribution in [0.15, 0.2) is 30.3 Å². The second-order valence-corrected chi connectivity index (χ2v) is 5.60. The third kappa shape index (κ3) is 4.05. The van der Waals surface area contributed by atoms with E-state index in [9.17, 15) is 4.79 Å². The van der Waals surface area contributed by atoms with E-state index in [-0.39, 0.29) is 12.1 Å². The molecule has 0 aliphatic carbocycles. The molecule has 1 atom stereocenters. The van der Waals surface area contributed by atoms with E-state index in [4.69, 9.17) is 4.74 Å². The number of carbonyl (C=O) groups excluding carboxylic acids is 1. The Balaban J connectivity index is 1.83. The van der Waals surface area contributed by atoms with Crippen molar-refractivity contribution in [3.63, 3.8) is 0 Å². The predicted molar refractivity (Wildman–Crippen MR) is 79.2 cm³/mol. The zero-order valence-electron chi connectivity index (χ0n) is 12.3. The molecule has 0 aromatic heterocycles. The number of nitrogens with one attached hydrogen (secondary N) is 1. The number of nitrogens with zero attached hydrogens (tertiary/aromatic N) is 1. The SMILES string of the molecule is CC(C)COCCCN1C(=O)CNC1c1ccccc1. The molecule has 1 aliphatic rings. The molecule has 4 heteroatoms. The molecule has 1 unspecified atom stereocenters. The number of carbonyl (C=O) groups is 1. The topological polar surface area (TPSA) is 41.6 Å². The van der Waals surface area contributed by atoms with Crippen molar-refractivity contribution in [2.24, 2.45) is 5.92 Å². The number of rotatable bonds is 7. The fourth-order valence-corrected chi connectivity index (χ4v) is 2.38. The zero-order chi connectivity index (χ0) is 14.4. The van der Waals surface area contributed by atoms with Gasteiger partial charge in [0.2, 0.25) is 5.91 Å². The van der Waals surface area contributed by atoms with Crippen LogP contribution in [0.1, 0.15) is 32.0 Å². The van der Waals surface area contributed by atoms with Crippen LogP contribution in [-0.4, -0.2) is 37.1 Å². The highest BCUT2D eigenvalue weighted by molar-refractivity contribution is 5.80. The monoisotopic (exact) mass is 276 g/mol. The van der Waals surface area contributed by atoms with Crippen molar-refractivity contribution in [3.05, 3.63) is 35.9 Å². The molecule has 110 valence electrons. The molecule has 1 aliphatic heterocycles. The van der Waals surface area contributed by atoms with Crippen molar-refractivity contribution in [2.75, 3.05) is 26.3 Å².